The number of carbonyl (C=O) groups excluding carboxylic acids is 1. The molecule has 1 aliphatic rings. The molecule has 3 nitrogen and oxygen atoms in total. The van der Waals surface area contributed by atoms with Crippen molar-refractivity contribution < 1.29 is 10.0 Å². The normalized spacial score (nSPS) is 23.1. The van der Waals surface area contributed by atoms with E-state index in [9.17, 15) is 10.0 Å². The molecule has 0 saturated heterocycles. The summed E-state index contributed by atoms with van der Waals surface area (Å²) >= 11 is 0. The lowest BCUT2D eigenvalue weighted by atomic mass is 10.1. The lowest BCUT2D eigenvalue weighted by Crippen LogP contribution is -2.27. The van der Waals surface area contributed by atoms with Crippen LogP contribution in [0.25, 0.3) is 0 Å². The van der Waals surface area contributed by atoms with Gasteiger partial charge >= 0.3 is 0 Å². The van der Waals surface area contributed by atoms with Gasteiger partial charge in [0.1, 0.15) is 0 Å². The average Bonchev–Trinajstić information content (AvgIpc) is 2.32. The van der Waals surface area contributed by atoms with Gasteiger partial charge < -0.3 is 5.21 Å². The van der Waals surface area contributed by atoms with Crippen molar-refractivity contribution in [2.45, 2.75) is 25.8 Å². The SMILES string of the molecule is C=CCC1=C(C)C(N(C)O)CC1=O. The van der Waals surface area contributed by atoms with Gasteiger partial charge in [-0.2, -0.15) is 5.06 Å². The molecule has 0 amide bonds. The number of likely N-dealkylation sites (N-methyl/N-ethyl adjacent to an activating group) is 1. The van der Waals surface area contributed by atoms with Crippen molar-refractivity contribution in [3.8, 4) is 0 Å². The van der Waals surface area contributed by atoms with E-state index < -0.39 is 0 Å². The third-order valence-corrected chi connectivity index (χ3v) is 2.49. The lowest BCUT2D eigenvalue weighted by Gasteiger charge is -2.17. The number of nitrogens with zero attached hydrogens (tertiary/aromatic N) is 1. The van der Waals surface area contributed by atoms with Crippen LogP contribution in [0.2, 0.25) is 0 Å². The van der Waals surface area contributed by atoms with Crippen molar-refractivity contribution in [1.82, 2.24) is 5.06 Å². The minimum Gasteiger partial charge on any atom is -0.314 e. The Bertz CT molecular complexity index is 266. The zero-order valence-corrected chi connectivity index (χ0v) is 8.08. The second-order valence-corrected chi connectivity index (χ2v) is 3.37. The van der Waals surface area contributed by atoms with Crippen LogP contribution in [0, 0.1) is 0 Å². The molecule has 1 aliphatic carbocycles. The van der Waals surface area contributed by atoms with Gasteiger partial charge in [0.05, 0.1) is 6.04 Å². The summed E-state index contributed by atoms with van der Waals surface area (Å²) < 4.78 is 0. The van der Waals surface area contributed by atoms with E-state index in [2.05, 4.69) is 6.58 Å². The average molecular weight is 181 g/mol. The zero-order chi connectivity index (χ0) is 10.0. The Kier molecular flexibility index (Phi) is 3.01. The van der Waals surface area contributed by atoms with Crippen LogP contribution < -0.4 is 0 Å². The minimum atomic E-state index is -0.137. The quantitative estimate of drug-likeness (QED) is 0.530. The smallest absolute Gasteiger partial charge is 0.161 e. The highest BCUT2D eigenvalue weighted by Crippen LogP contribution is 2.28. The van der Waals surface area contributed by atoms with Gasteiger partial charge in [-0.05, 0) is 24.5 Å². The van der Waals surface area contributed by atoms with Crippen molar-refractivity contribution in [2.24, 2.45) is 0 Å². The van der Waals surface area contributed by atoms with Crippen LogP contribution in [0.15, 0.2) is 23.8 Å². The number of Topliss-reactive ketones (excluding diaryl/α,β-unsaturated/α-hetero) is 1. The van der Waals surface area contributed by atoms with E-state index >= 15 is 0 Å². The van der Waals surface area contributed by atoms with Crippen LogP contribution in [0.3, 0.4) is 0 Å². The molecule has 1 unspecified atom stereocenters. The van der Waals surface area contributed by atoms with Gasteiger partial charge in [-0.1, -0.05) is 6.08 Å². The predicted molar refractivity (Wildman–Crippen MR) is 50.5 cm³/mol. The minimum absolute atomic E-state index is 0.128. The van der Waals surface area contributed by atoms with Crippen LogP contribution in [0.1, 0.15) is 19.8 Å². The monoisotopic (exact) mass is 181 g/mol. The molecule has 13 heavy (non-hydrogen) atoms. The number of hydroxylamine groups is 2. The molecule has 3 heteroatoms. The first kappa shape index (κ1) is 10.2. The molecule has 0 bridgehead atoms. The summed E-state index contributed by atoms with van der Waals surface area (Å²) in [6.07, 6.45) is 2.72. The van der Waals surface area contributed by atoms with Crippen LogP contribution in [-0.4, -0.2) is 29.1 Å². The topological polar surface area (TPSA) is 40.5 Å². The number of allylic oxidation sites excluding steroid dienone is 2. The Morgan fingerprint density at radius 2 is 2.38 bits per heavy atom. The van der Waals surface area contributed by atoms with Gasteiger partial charge in [0.2, 0.25) is 0 Å². The van der Waals surface area contributed by atoms with E-state index in [1.165, 1.54) is 0 Å². The predicted octanol–water partition coefficient (Wildman–Crippen LogP) is 1.54. The molecule has 0 aromatic carbocycles. The van der Waals surface area contributed by atoms with Gasteiger partial charge in [0.15, 0.2) is 5.78 Å². The second kappa shape index (κ2) is 3.85. The third-order valence-electron chi connectivity index (χ3n) is 2.49. The van der Waals surface area contributed by atoms with Crippen molar-refractivity contribution in [1.29, 1.82) is 0 Å². The first-order chi connectivity index (χ1) is 6.07. The Morgan fingerprint density at radius 1 is 1.77 bits per heavy atom. The molecular formula is C10H15NO2. The highest BCUT2D eigenvalue weighted by molar-refractivity contribution is 5.99. The standard InChI is InChI=1S/C10H15NO2/c1-4-5-8-7(2)9(11(3)13)6-10(8)12/h4,9,13H,1,5-6H2,2-3H3. The Labute approximate surface area is 78.3 Å². The molecule has 0 heterocycles. The van der Waals surface area contributed by atoms with E-state index in [1.807, 2.05) is 6.92 Å². The second-order valence-electron chi connectivity index (χ2n) is 3.37. The molecule has 1 atom stereocenters. The Morgan fingerprint density at radius 3 is 2.77 bits per heavy atom. The fourth-order valence-electron chi connectivity index (χ4n) is 1.70. The van der Waals surface area contributed by atoms with Crippen LogP contribution in [0.4, 0.5) is 0 Å². The lowest BCUT2D eigenvalue weighted by molar-refractivity contribution is -0.121. The summed E-state index contributed by atoms with van der Waals surface area (Å²) in [5.74, 6) is 0.128. The summed E-state index contributed by atoms with van der Waals surface area (Å²) in [6, 6.07) is -0.137. The zero-order valence-electron chi connectivity index (χ0n) is 8.08. The van der Waals surface area contributed by atoms with Crippen LogP contribution in [0.5, 0.6) is 0 Å². The van der Waals surface area contributed by atoms with E-state index in [0.29, 0.717) is 12.8 Å². The van der Waals surface area contributed by atoms with Gasteiger partial charge in [-0.15, -0.1) is 6.58 Å². The Hall–Kier alpha value is -0.930. The summed E-state index contributed by atoms with van der Waals surface area (Å²) in [6.45, 7) is 5.49. The number of carbonyl (C=O) groups is 1. The molecule has 0 aromatic heterocycles. The fraction of sp³-hybridized carbons (Fsp3) is 0.500. The van der Waals surface area contributed by atoms with Gasteiger partial charge in [-0.25, -0.2) is 0 Å². The molecular weight excluding hydrogens is 166 g/mol. The summed E-state index contributed by atoms with van der Waals surface area (Å²) in [5.41, 5.74) is 1.77. The molecule has 0 spiro atoms. The van der Waals surface area contributed by atoms with Crippen molar-refractivity contribution in [2.75, 3.05) is 7.05 Å². The fourth-order valence-corrected chi connectivity index (χ4v) is 1.70. The first-order valence-corrected chi connectivity index (χ1v) is 4.33. The molecule has 1 rings (SSSR count). The van der Waals surface area contributed by atoms with Gasteiger partial charge in [0, 0.05) is 13.5 Å². The van der Waals surface area contributed by atoms with E-state index in [-0.39, 0.29) is 11.8 Å². The molecule has 0 aliphatic heterocycles. The molecule has 72 valence electrons. The number of hydrogen-bond acceptors (Lipinski definition) is 3. The van der Waals surface area contributed by atoms with E-state index in [4.69, 9.17) is 0 Å². The highest BCUT2D eigenvalue weighted by atomic mass is 16.5. The highest BCUT2D eigenvalue weighted by Gasteiger charge is 2.30. The molecule has 1 N–H and O–H groups in total. The maximum atomic E-state index is 11.4. The summed E-state index contributed by atoms with van der Waals surface area (Å²) in [7, 11) is 1.57. The van der Waals surface area contributed by atoms with Crippen LogP contribution >= 0.6 is 0 Å². The largest absolute Gasteiger partial charge is 0.314 e. The number of hydrogen-bond donors (Lipinski definition) is 1. The van der Waals surface area contributed by atoms with Crippen molar-refractivity contribution >= 4 is 5.78 Å². The summed E-state index contributed by atoms with van der Waals surface area (Å²) in [5, 5.41) is 10.3. The number of rotatable bonds is 3. The van der Waals surface area contributed by atoms with E-state index in [1.54, 1.807) is 13.1 Å². The maximum Gasteiger partial charge on any atom is 0.161 e. The Balaban J connectivity index is 2.89. The molecule has 0 radical (unpaired) electrons. The molecule has 0 aromatic rings. The maximum absolute atomic E-state index is 11.4. The van der Waals surface area contributed by atoms with Gasteiger partial charge in [-0.3, -0.25) is 4.79 Å². The van der Waals surface area contributed by atoms with Crippen molar-refractivity contribution in [3.63, 3.8) is 0 Å². The summed E-state index contributed by atoms with van der Waals surface area (Å²) in [4.78, 5) is 11.4. The van der Waals surface area contributed by atoms with Gasteiger partial charge in [0.25, 0.3) is 0 Å². The third kappa shape index (κ3) is 1.87. The molecule has 0 saturated carbocycles. The van der Waals surface area contributed by atoms with E-state index in [0.717, 1.165) is 16.2 Å². The first-order valence-electron chi connectivity index (χ1n) is 4.33. The van der Waals surface area contributed by atoms with Crippen LogP contribution in [-0.2, 0) is 4.79 Å². The number of ketones is 1. The molecule has 0 fully saturated rings. The van der Waals surface area contributed by atoms with Crippen molar-refractivity contribution in [3.05, 3.63) is 23.8 Å².